The first-order valence-electron chi connectivity index (χ1n) is 11.4. The van der Waals surface area contributed by atoms with Crippen LogP contribution in [0.1, 0.15) is 50.5 Å². The van der Waals surface area contributed by atoms with Crippen LogP contribution < -0.4 is 14.4 Å². The molecule has 1 atom stereocenters. The highest BCUT2D eigenvalue weighted by atomic mass is 16.5. The molecule has 2 aromatic carbocycles. The Balaban J connectivity index is 2.59. The molecule has 0 aliphatic rings. The Labute approximate surface area is 202 Å². The number of esters is 1. The molecule has 186 valence electrons. The average Bonchev–Trinajstić information content (AvgIpc) is 2.82. The van der Waals surface area contributed by atoms with Crippen molar-refractivity contribution < 1.29 is 28.5 Å². The molecule has 0 amide bonds. The summed E-state index contributed by atoms with van der Waals surface area (Å²) in [5.74, 6) is 0.853. The minimum atomic E-state index is -0.559. The molecule has 0 aliphatic heterocycles. The van der Waals surface area contributed by atoms with Gasteiger partial charge in [-0.25, -0.2) is 0 Å². The minimum Gasteiger partial charge on any atom is -0.493 e. The molecule has 0 fully saturated rings. The first-order chi connectivity index (χ1) is 16.2. The zero-order valence-corrected chi connectivity index (χ0v) is 21.3. The van der Waals surface area contributed by atoms with E-state index in [1.165, 1.54) is 6.92 Å². The van der Waals surface area contributed by atoms with Crippen LogP contribution in [0.3, 0.4) is 0 Å². The van der Waals surface area contributed by atoms with E-state index in [2.05, 4.69) is 43.9 Å². The van der Waals surface area contributed by atoms with Crippen molar-refractivity contribution in [3.63, 3.8) is 0 Å². The Bertz CT molecular complexity index is 972. The summed E-state index contributed by atoms with van der Waals surface area (Å²) in [7, 11) is 5.18. The summed E-state index contributed by atoms with van der Waals surface area (Å²) in [5, 5.41) is 0. The second-order valence-corrected chi connectivity index (χ2v) is 9.01. The van der Waals surface area contributed by atoms with E-state index in [0.29, 0.717) is 24.7 Å². The van der Waals surface area contributed by atoms with Gasteiger partial charge in [-0.3, -0.25) is 4.79 Å². The monoisotopic (exact) mass is 471 g/mol. The number of nitrogens with zero attached hydrogens (tertiary/aromatic N) is 1. The smallest absolute Gasteiger partial charge is 0.302 e. The molecule has 7 heteroatoms. The molecule has 34 heavy (non-hydrogen) atoms. The summed E-state index contributed by atoms with van der Waals surface area (Å²) in [5.41, 5.74) is 3.50. The van der Waals surface area contributed by atoms with E-state index >= 15 is 0 Å². The maximum Gasteiger partial charge on any atom is 0.302 e. The molecule has 0 aliphatic carbocycles. The van der Waals surface area contributed by atoms with Gasteiger partial charge in [-0.2, -0.15) is 0 Å². The molecule has 0 N–H and O–H groups in total. The third-order valence-electron chi connectivity index (χ3n) is 5.57. The number of rotatable bonds is 13. The average molecular weight is 472 g/mol. The molecular formula is C27H37NO6. The summed E-state index contributed by atoms with van der Waals surface area (Å²) in [4.78, 5) is 24.7. The van der Waals surface area contributed by atoms with Crippen molar-refractivity contribution in [1.82, 2.24) is 0 Å². The first kappa shape index (κ1) is 27.2. The molecule has 0 spiro atoms. The van der Waals surface area contributed by atoms with Crippen molar-refractivity contribution in [2.24, 2.45) is 5.41 Å². The summed E-state index contributed by atoms with van der Waals surface area (Å²) in [6, 6.07) is 11.9. The van der Waals surface area contributed by atoms with E-state index in [0.717, 1.165) is 35.1 Å². The van der Waals surface area contributed by atoms with Crippen molar-refractivity contribution in [2.45, 2.75) is 40.2 Å². The first-order valence-corrected chi connectivity index (χ1v) is 11.4. The van der Waals surface area contributed by atoms with Crippen LogP contribution in [-0.4, -0.2) is 53.3 Å². The maximum absolute atomic E-state index is 11.3. The quantitative estimate of drug-likeness (QED) is 0.312. The summed E-state index contributed by atoms with van der Waals surface area (Å²) >= 11 is 0. The number of hydrogen-bond acceptors (Lipinski definition) is 7. The van der Waals surface area contributed by atoms with Gasteiger partial charge in [0.05, 0.1) is 20.8 Å². The van der Waals surface area contributed by atoms with Gasteiger partial charge in [0.15, 0.2) is 11.5 Å². The molecule has 0 bridgehead atoms. The molecule has 0 saturated carbocycles. The molecule has 2 rings (SSSR count). The number of carbonyl (C=O) groups is 2. The van der Waals surface area contributed by atoms with E-state index in [1.54, 1.807) is 14.2 Å². The summed E-state index contributed by atoms with van der Waals surface area (Å²) in [6.07, 6.45) is 1.04. The second kappa shape index (κ2) is 12.4. The maximum atomic E-state index is 11.3. The zero-order chi connectivity index (χ0) is 25.3. The molecule has 1 unspecified atom stereocenters. The fraction of sp³-hybridized carbons (Fsp3) is 0.481. The number of ether oxygens (including phenoxy) is 4. The number of hydrogen-bond donors (Lipinski definition) is 0. The highest BCUT2D eigenvalue weighted by Crippen LogP contribution is 2.42. The molecule has 0 heterocycles. The Morgan fingerprint density at radius 2 is 1.85 bits per heavy atom. The Morgan fingerprint density at radius 1 is 1.12 bits per heavy atom. The van der Waals surface area contributed by atoms with Crippen LogP contribution in [0.15, 0.2) is 36.4 Å². The summed E-state index contributed by atoms with van der Waals surface area (Å²) < 4.78 is 22.6. The topological polar surface area (TPSA) is 74.3 Å². The van der Waals surface area contributed by atoms with Crippen molar-refractivity contribution in [1.29, 1.82) is 0 Å². The summed E-state index contributed by atoms with van der Waals surface area (Å²) in [6.45, 7) is 8.49. The lowest BCUT2D eigenvalue weighted by Crippen LogP contribution is -2.36. The van der Waals surface area contributed by atoms with Crippen LogP contribution >= 0.6 is 0 Å². The predicted octanol–water partition coefficient (Wildman–Crippen LogP) is 4.60. The second-order valence-electron chi connectivity index (χ2n) is 9.01. The van der Waals surface area contributed by atoms with Gasteiger partial charge in [0.1, 0.15) is 19.0 Å². The minimum absolute atomic E-state index is 0.0670. The predicted molar refractivity (Wildman–Crippen MR) is 133 cm³/mol. The Kier molecular flexibility index (Phi) is 9.93. The van der Waals surface area contributed by atoms with Gasteiger partial charge < -0.3 is 28.6 Å². The van der Waals surface area contributed by atoms with Crippen molar-refractivity contribution in [2.75, 3.05) is 45.9 Å². The number of anilines is 1. The van der Waals surface area contributed by atoms with Gasteiger partial charge in [0, 0.05) is 42.7 Å². The number of aldehydes is 1. The number of carbonyl (C=O) groups excluding carboxylic acids is 2. The van der Waals surface area contributed by atoms with E-state index in [-0.39, 0.29) is 18.0 Å². The van der Waals surface area contributed by atoms with Crippen molar-refractivity contribution in [3.8, 4) is 11.5 Å². The fourth-order valence-corrected chi connectivity index (χ4v) is 4.05. The van der Waals surface area contributed by atoms with Gasteiger partial charge in [-0.05, 0) is 24.1 Å². The van der Waals surface area contributed by atoms with Crippen LogP contribution in [0.5, 0.6) is 11.5 Å². The van der Waals surface area contributed by atoms with E-state index < -0.39 is 6.10 Å². The Morgan fingerprint density at radius 3 is 2.44 bits per heavy atom. The van der Waals surface area contributed by atoms with Crippen LogP contribution in [-0.2, 0) is 25.5 Å². The Hall–Kier alpha value is -3.06. The van der Waals surface area contributed by atoms with Crippen LogP contribution in [0.4, 0.5) is 5.69 Å². The number of benzene rings is 2. The van der Waals surface area contributed by atoms with Gasteiger partial charge >= 0.3 is 5.97 Å². The van der Waals surface area contributed by atoms with Crippen LogP contribution in [0, 0.1) is 5.41 Å². The lowest BCUT2D eigenvalue weighted by molar-refractivity contribution is -0.143. The highest BCUT2D eigenvalue weighted by molar-refractivity contribution is 5.66. The molecule has 0 radical (unpaired) electrons. The van der Waals surface area contributed by atoms with Gasteiger partial charge in [-0.15, -0.1) is 0 Å². The van der Waals surface area contributed by atoms with E-state index in [9.17, 15) is 9.59 Å². The number of para-hydroxylation sites is 1. The SMILES string of the molecule is CCc1ccc(N(C)CC(C)(C)COC(C)=O)c(C(OCC=O)c2cccc(OC)c2OC)c1. The number of aryl methyl sites for hydroxylation is 1. The van der Waals surface area contributed by atoms with Crippen molar-refractivity contribution in [3.05, 3.63) is 53.1 Å². The van der Waals surface area contributed by atoms with Gasteiger partial charge in [-0.1, -0.05) is 45.0 Å². The molecule has 7 nitrogen and oxygen atoms in total. The molecule has 2 aromatic rings. The lowest BCUT2D eigenvalue weighted by atomic mass is 9.92. The zero-order valence-electron chi connectivity index (χ0n) is 21.3. The fourth-order valence-electron chi connectivity index (χ4n) is 4.05. The van der Waals surface area contributed by atoms with E-state index in [1.807, 2.05) is 25.2 Å². The highest BCUT2D eigenvalue weighted by Gasteiger charge is 2.28. The number of methoxy groups -OCH3 is 2. The third kappa shape index (κ3) is 6.97. The molecule has 0 aromatic heterocycles. The lowest BCUT2D eigenvalue weighted by Gasteiger charge is -2.34. The van der Waals surface area contributed by atoms with Crippen molar-refractivity contribution >= 4 is 17.9 Å². The van der Waals surface area contributed by atoms with Crippen LogP contribution in [0.2, 0.25) is 0 Å². The van der Waals surface area contributed by atoms with Gasteiger partial charge in [0.25, 0.3) is 0 Å². The van der Waals surface area contributed by atoms with E-state index in [4.69, 9.17) is 18.9 Å². The normalized spacial score (nSPS) is 12.1. The van der Waals surface area contributed by atoms with Gasteiger partial charge in [0.2, 0.25) is 0 Å². The standard InChI is InChI=1S/C27H37NO6/c1-8-20-12-13-23(28(5)17-27(3,4)18-34-19(2)30)22(16-20)25(33-15-14-29)21-10-9-11-24(31-6)26(21)32-7/h9-14,16,25H,8,15,17-18H2,1-7H3. The van der Waals surface area contributed by atoms with Crippen LogP contribution in [0.25, 0.3) is 0 Å². The third-order valence-corrected chi connectivity index (χ3v) is 5.57. The largest absolute Gasteiger partial charge is 0.493 e. The molecule has 0 saturated heterocycles. The molecular weight excluding hydrogens is 434 g/mol.